The second-order valence-electron chi connectivity index (χ2n) is 5.01. The first-order valence-electron chi connectivity index (χ1n) is 6.69. The zero-order chi connectivity index (χ0) is 15.4. The fourth-order valence-electron chi connectivity index (χ4n) is 2.12. The average Bonchev–Trinajstić information content (AvgIpc) is 2.43. The van der Waals surface area contributed by atoms with E-state index in [-0.39, 0.29) is 18.0 Å². The van der Waals surface area contributed by atoms with Crippen LogP contribution in [0, 0.1) is 5.82 Å². The predicted molar refractivity (Wildman–Crippen MR) is 85.5 cm³/mol. The monoisotopic (exact) mass is 352 g/mol. The third-order valence-electron chi connectivity index (χ3n) is 3.01. The first-order chi connectivity index (χ1) is 10.0. The second kappa shape index (κ2) is 7.02. The number of benzene rings is 2. The Morgan fingerprint density at radius 3 is 2.48 bits per heavy atom. The van der Waals surface area contributed by atoms with Gasteiger partial charge in [-0.2, -0.15) is 0 Å². The number of halogens is 2. The molecule has 21 heavy (non-hydrogen) atoms. The fourth-order valence-corrected chi connectivity index (χ4v) is 2.51. The highest BCUT2D eigenvalue weighted by Crippen LogP contribution is 2.28. The van der Waals surface area contributed by atoms with Crippen LogP contribution in [0.15, 0.2) is 46.9 Å². The third kappa shape index (κ3) is 4.03. The Morgan fingerprint density at radius 1 is 1.14 bits per heavy atom. The number of rotatable bonds is 5. The highest BCUT2D eigenvalue weighted by Gasteiger charge is 2.15. The van der Waals surface area contributed by atoms with Gasteiger partial charge in [-0.1, -0.05) is 18.2 Å². The summed E-state index contributed by atoms with van der Waals surface area (Å²) in [6, 6.07) is 12.3. The lowest BCUT2D eigenvalue weighted by Gasteiger charge is -2.19. The van der Waals surface area contributed by atoms with Crippen LogP contribution >= 0.6 is 15.9 Å². The van der Waals surface area contributed by atoms with E-state index in [9.17, 15) is 4.39 Å². The minimum Gasteiger partial charge on any atom is -0.491 e. The van der Waals surface area contributed by atoms with Crippen molar-refractivity contribution < 1.29 is 9.13 Å². The standard InChI is InChI=1S/C16H18BrFN2O/c1-10(2)21-13-5-3-4-11(8-13)16(20-19)12-6-7-15(18)14(17)9-12/h3-10,16,20H,19H2,1-2H3. The molecule has 1 atom stereocenters. The van der Waals surface area contributed by atoms with Gasteiger partial charge in [-0.3, -0.25) is 5.84 Å². The lowest BCUT2D eigenvalue weighted by Crippen LogP contribution is -2.28. The lowest BCUT2D eigenvalue weighted by molar-refractivity contribution is 0.242. The SMILES string of the molecule is CC(C)Oc1cccc(C(NN)c2ccc(F)c(Br)c2)c1. The molecule has 2 rings (SSSR count). The molecule has 3 N–H and O–H groups in total. The van der Waals surface area contributed by atoms with Crippen LogP contribution in [-0.4, -0.2) is 6.10 Å². The molecule has 0 aliphatic heterocycles. The lowest BCUT2D eigenvalue weighted by atomic mass is 9.99. The molecule has 0 saturated carbocycles. The third-order valence-corrected chi connectivity index (χ3v) is 3.61. The van der Waals surface area contributed by atoms with E-state index in [2.05, 4.69) is 21.4 Å². The van der Waals surface area contributed by atoms with E-state index in [1.165, 1.54) is 6.07 Å². The van der Waals surface area contributed by atoms with Crippen LogP contribution in [0.3, 0.4) is 0 Å². The van der Waals surface area contributed by atoms with Crippen molar-refractivity contribution in [2.75, 3.05) is 0 Å². The van der Waals surface area contributed by atoms with Crippen LogP contribution in [0.2, 0.25) is 0 Å². The zero-order valence-corrected chi connectivity index (χ0v) is 13.5. The Bertz CT molecular complexity index is 619. The van der Waals surface area contributed by atoms with Gasteiger partial charge < -0.3 is 4.74 Å². The Morgan fingerprint density at radius 2 is 1.86 bits per heavy atom. The van der Waals surface area contributed by atoms with E-state index >= 15 is 0 Å². The largest absolute Gasteiger partial charge is 0.491 e. The number of nitrogens with one attached hydrogen (secondary N) is 1. The number of hydrogen-bond donors (Lipinski definition) is 2. The van der Waals surface area contributed by atoms with Crippen LogP contribution in [0.4, 0.5) is 4.39 Å². The van der Waals surface area contributed by atoms with Crippen molar-refractivity contribution in [3.8, 4) is 5.75 Å². The summed E-state index contributed by atoms with van der Waals surface area (Å²) in [5.74, 6) is 6.16. The van der Waals surface area contributed by atoms with Crippen molar-refractivity contribution in [1.82, 2.24) is 5.43 Å². The molecule has 0 saturated heterocycles. The maximum Gasteiger partial charge on any atom is 0.137 e. The van der Waals surface area contributed by atoms with Crippen LogP contribution in [0.25, 0.3) is 0 Å². The van der Waals surface area contributed by atoms with Gasteiger partial charge in [0, 0.05) is 0 Å². The second-order valence-corrected chi connectivity index (χ2v) is 5.87. The van der Waals surface area contributed by atoms with Gasteiger partial charge in [0.05, 0.1) is 16.6 Å². The molecule has 1 unspecified atom stereocenters. The molecule has 0 aromatic heterocycles. The molecule has 0 heterocycles. The maximum atomic E-state index is 13.4. The van der Waals surface area contributed by atoms with Crippen molar-refractivity contribution in [3.05, 3.63) is 63.9 Å². The Hall–Kier alpha value is -1.43. The van der Waals surface area contributed by atoms with Crippen molar-refractivity contribution in [3.63, 3.8) is 0 Å². The van der Waals surface area contributed by atoms with Gasteiger partial charge in [-0.15, -0.1) is 0 Å². The first kappa shape index (κ1) is 15.9. The van der Waals surface area contributed by atoms with Crippen LogP contribution < -0.4 is 16.0 Å². The number of nitrogens with two attached hydrogens (primary N) is 1. The Kier molecular flexibility index (Phi) is 5.33. The van der Waals surface area contributed by atoms with E-state index in [1.807, 2.05) is 38.1 Å². The maximum absolute atomic E-state index is 13.4. The van der Waals surface area contributed by atoms with Gasteiger partial charge in [0.25, 0.3) is 0 Å². The highest BCUT2D eigenvalue weighted by atomic mass is 79.9. The summed E-state index contributed by atoms with van der Waals surface area (Å²) in [6.45, 7) is 3.95. The van der Waals surface area contributed by atoms with Crippen molar-refractivity contribution in [1.29, 1.82) is 0 Å². The van der Waals surface area contributed by atoms with E-state index in [4.69, 9.17) is 10.6 Å². The molecule has 3 nitrogen and oxygen atoms in total. The molecule has 0 spiro atoms. The Balaban J connectivity index is 2.34. The normalized spacial score (nSPS) is 12.5. The molecule has 0 aliphatic carbocycles. The summed E-state index contributed by atoms with van der Waals surface area (Å²) >= 11 is 3.20. The summed E-state index contributed by atoms with van der Waals surface area (Å²) in [6.07, 6.45) is 0.101. The smallest absolute Gasteiger partial charge is 0.137 e. The molecular weight excluding hydrogens is 335 g/mol. The van der Waals surface area contributed by atoms with Gasteiger partial charge in [-0.25, -0.2) is 9.82 Å². The first-order valence-corrected chi connectivity index (χ1v) is 7.48. The zero-order valence-electron chi connectivity index (χ0n) is 11.9. The van der Waals surface area contributed by atoms with Crippen molar-refractivity contribution >= 4 is 15.9 Å². The summed E-state index contributed by atoms with van der Waals surface area (Å²) in [4.78, 5) is 0. The van der Waals surface area contributed by atoms with Crippen molar-refractivity contribution in [2.24, 2.45) is 5.84 Å². The summed E-state index contributed by atoms with van der Waals surface area (Å²) in [5, 5.41) is 0. The quantitative estimate of drug-likeness (QED) is 0.633. The van der Waals surface area contributed by atoms with E-state index < -0.39 is 0 Å². The highest BCUT2D eigenvalue weighted by molar-refractivity contribution is 9.10. The van der Waals surface area contributed by atoms with Crippen LogP contribution in [0.5, 0.6) is 5.75 Å². The number of hydrogen-bond acceptors (Lipinski definition) is 3. The topological polar surface area (TPSA) is 47.3 Å². The average molecular weight is 353 g/mol. The minimum absolute atomic E-state index is 0.101. The van der Waals surface area contributed by atoms with E-state index in [1.54, 1.807) is 12.1 Å². The van der Waals surface area contributed by atoms with Crippen LogP contribution in [0.1, 0.15) is 31.0 Å². The van der Waals surface area contributed by atoms with E-state index in [0.717, 1.165) is 16.9 Å². The van der Waals surface area contributed by atoms with Gasteiger partial charge >= 0.3 is 0 Å². The molecule has 2 aromatic carbocycles. The molecule has 5 heteroatoms. The van der Waals surface area contributed by atoms with Crippen molar-refractivity contribution in [2.45, 2.75) is 26.0 Å². The summed E-state index contributed by atoms with van der Waals surface area (Å²) < 4.78 is 19.5. The molecule has 0 aliphatic rings. The molecule has 0 amide bonds. The fraction of sp³-hybridized carbons (Fsp3) is 0.250. The van der Waals surface area contributed by atoms with E-state index in [0.29, 0.717) is 4.47 Å². The molecular formula is C16H18BrFN2O. The van der Waals surface area contributed by atoms with Gasteiger partial charge in [0.1, 0.15) is 11.6 Å². The molecule has 112 valence electrons. The molecule has 0 bridgehead atoms. The van der Waals surface area contributed by atoms with Crippen LogP contribution in [-0.2, 0) is 0 Å². The molecule has 0 fully saturated rings. The Labute approximate surface area is 132 Å². The summed E-state index contributed by atoms with van der Waals surface area (Å²) in [7, 11) is 0. The number of hydrazine groups is 1. The molecule has 2 aromatic rings. The van der Waals surface area contributed by atoms with Gasteiger partial charge in [0.2, 0.25) is 0 Å². The minimum atomic E-state index is -0.300. The van der Waals surface area contributed by atoms with Gasteiger partial charge in [0.15, 0.2) is 0 Å². The van der Waals surface area contributed by atoms with Gasteiger partial charge in [-0.05, 0) is 65.2 Å². The molecule has 0 radical (unpaired) electrons. The predicted octanol–water partition coefficient (Wildman–Crippen LogP) is 3.93. The summed E-state index contributed by atoms with van der Waals surface area (Å²) in [5.41, 5.74) is 4.58. The number of ether oxygens (including phenoxy) is 1.